The zero-order valence-corrected chi connectivity index (χ0v) is 20.7. The average molecular weight is 529 g/mol. The lowest BCUT2D eigenvalue weighted by Crippen LogP contribution is -2.60. The minimum Gasteiger partial charge on any atom is -0.348 e. The Balaban J connectivity index is 1.48. The van der Waals surface area contributed by atoms with Crippen LogP contribution < -0.4 is 10.6 Å². The van der Waals surface area contributed by atoms with Crippen molar-refractivity contribution in [3.63, 3.8) is 0 Å². The second-order valence-corrected chi connectivity index (χ2v) is 11.7. The molecule has 4 aliphatic rings. The number of carbonyl (C=O) groups excluding carboxylic acids is 2. The lowest BCUT2D eigenvalue weighted by Gasteiger charge is -2.58. The van der Waals surface area contributed by atoms with Gasteiger partial charge in [0.05, 0.1) is 16.8 Å². The van der Waals surface area contributed by atoms with Gasteiger partial charge in [-0.1, -0.05) is 26.3 Å². The van der Waals surface area contributed by atoms with E-state index < -0.39 is 46.4 Å². The number of fused-ring (bicyclic) bond motifs is 5. The number of hydrogen-bond donors (Lipinski definition) is 2. The summed E-state index contributed by atoms with van der Waals surface area (Å²) in [6.45, 7) is 4.34. The molecule has 1 aliphatic heterocycles. The van der Waals surface area contributed by atoms with Gasteiger partial charge in [-0.25, -0.2) is 0 Å². The van der Waals surface area contributed by atoms with E-state index in [1.165, 1.54) is 12.8 Å². The standard InChI is InChI=1S/C27H30F6N2O2/c1-24-10-3-4-17(24)15-6-8-21-25(2,18(15)9-11-24)13-16(23(37)35-21)22(36)34-20-12-14(26(28,29)30)5-7-19(20)27(31,32)33/h5,7,12-13,15,17-18,21H,3-4,6,8-11H2,1-2H3,(H,34,36)(H,35,37)/t15-,17-,18-,21+,24-,25+/m0/s1. The molecule has 0 aromatic heterocycles. The molecule has 1 heterocycles. The Labute approximate surface area is 211 Å². The molecule has 0 bridgehead atoms. The average Bonchev–Trinajstić information content (AvgIpc) is 3.19. The molecule has 2 N–H and O–H groups in total. The van der Waals surface area contributed by atoms with Gasteiger partial charge in [0, 0.05) is 11.5 Å². The number of anilines is 1. The Morgan fingerprint density at radius 3 is 2.38 bits per heavy atom. The van der Waals surface area contributed by atoms with Gasteiger partial charge < -0.3 is 10.6 Å². The van der Waals surface area contributed by atoms with Gasteiger partial charge in [0.1, 0.15) is 5.57 Å². The Morgan fingerprint density at radius 1 is 0.973 bits per heavy atom. The maximum Gasteiger partial charge on any atom is 0.418 e. The summed E-state index contributed by atoms with van der Waals surface area (Å²) in [5.41, 5.74) is -4.42. The van der Waals surface area contributed by atoms with Crippen LogP contribution >= 0.6 is 0 Å². The van der Waals surface area contributed by atoms with Gasteiger partial charge in [0.25, 0.3) is 11.8 Å². The molecule has 0 saturated heterocycles. The van der Waals surface area contributed by atoms with Crippen LogP contribution in [0.2, 0.25) is 0 Å². The Hall–Kier alpha value is -2.52. The van der Waals surface area contributed by atoms with Crippen LogP contribution in [0.3, 0.4) is 0 Å². The van der Waals surface area contributed by atoms with Gasteiger partial charge >= 0.3 is 12.4 Å². The predicted molar refractivity (Wildman–Crippen MR) is 124 cm³/mol. The molecule has 0 spiro atoms. The van der Waals surface area contributed by atoms with Crippen LogP contribution in [-0.4, -0.2) is 17.9 Å². The number of nitrogens with one attached hydrogen (secondary N) is 2. The van der Waals surface area contributed by atoms with Crippen molar-refractivity contribution >= 4 is 17.5 Å². The Kier molecular flexibility index (Phi) is 5.99. The van der Waals surface area contributed by atoms with Crippen molar-refractivity contribution in [3.8, 4) is 0 Å². The van der Waals surface area contributed by atoms with Crippen molar-refractivity contribution in [2.45, 2.75) is 77.2 Å². The minimum absolute atomic E-state index is 0.199. The van der Waals surface area contributed by atoms with Crippen molar-refractivity contribution in [1.82, 2.24) is 5.32 Å². The molecule has 0 unspecified atom stereocenters. The number of halogens is 6. The van der Waals surface area contributed by atoms with Gasteiger partial charge in [-0.15, -0.1) is 0 Å². The molecule has 37 heavy (non-hydrogen) atoms. The fourth-order valence-electron chi connectivity index (χ4n) is 7.86. The van der Waals surface area contributed by atoms with Gasteiger partial charge in [0.2, 0.25) is 0 Å². The molecule has 3 fully saturated rings. The largest absolute Gasteiger partial charge is 0.418 e. The van der Waals surface area contributed by atoms with Crippen molar-refractivity contribution in [1.29, 1.82) is 0 Å². The van der Waals surface area contributed by atoms with E-state index >= 15 is 0 Å². The third kappa shape index (κ3) is 4.34. The first-order chi connectivity index (χ1) is 17.1. The van der Waals surface area contributed by atoms with Crippen LogP contribution in [-0.2, 0) is 21.9 Å². The van der Waals surface area contributed by atoms with E-state index in [-0.39, 0.29) is 29.7 Å². The summed E-state index contributed by atoms with van der Waals surface area (Å²) in [6, 6.07) is 0.657. The summed E-state index contributed by atoms with van der Waals surface area (Å²) in [6.07, 6.45) is -1.10. The molecular formula is C27H30F6N2O2. The number of hydrogen-bond acceptors (Lipinski definition) is 2. The number of carbonyl (C=O) groups is 2. The van der Waals surface area contributed by atoms with Crippen molar-refractivity contribution < 1.29 is 35.9 Å². The second kappa shape index (κ2) is 8.50. The highest BCUT2D eigenvalue weighted by Crippen LogP contribution is 2.63. The third-order valence-corrected chi connectivity index (χ3v) is 9.71. The summed E-state index contributed by atoms with van der Waals surface area (Å²) < 4.78 is 80.2. The summed E-state index contributed by atoms with van der Waals surface area (Å²) in [5.74, 6) is -0.679. The van der Waals surface area contributed by atoms with E-state index in [0.29, 0.717) is 23.3 Å². The SMILES string of the molecule is C[C@@]12CCC[C@H]1[C@@H]1CC[C@H]3NC(=O)C(C(=O)Nc4cc(C(F)(F)F)ccc4C(F)(F)F)=C[C@]3(C)[C@H]1CC2. The van der Waals surface area contributed by atoms with Crippen LogP contribution in [0.4, 0.5) is 32.0 Å². The van der Waals surface area contributed by atoms with Crippen LogP contribution in [0.25, 0.3) is 0 Å². The molecule has 0 radical (unpaired) electrons. The molecule has 5 rings (SSSR count). The van der Waals surface area contributed by atoms with Gasteiger partial charge in [-0.2, -0.15) is 26.3 Å². The number of benzene rings is 1. The van der Waals surface area contributed by atoms with E-state index in [1.54, 1.807) is 6.08 Å². The van der Waals surface area contributed by atoms with E-state index in [4.69, 9.17) is 0 Å². The first-order valence-electron chi connectivity index (χ1n) is 12.8. The van der Waals surface area contributed by atoms with Crippen LogP contribution in [0, 0.1) is 28.6 Å². The zero-order valence-electron chi connectivity index (χ0n) is 20.7. The molecule has 1 aromatic carbocycles. The first-order valence-corrected chi connectivity index (χ1v) is 12.8. The molecule has 10 heteroatoms. The van der Waals surface area contributed by atoms with E-state index in [0.717, 1.165) is 32.1 Å². The maximum atomic E-state index is 13.5. The lowest BCUT2D eigenvalue weighted by molar-refractivity contribution is -0.141. The second-order valence-electron chi connectivity index (χ2n) is 11.7. The molecule has 2 amide bonds. The zero-order chi connectivity index (χ0) is 27.0. The van der Waals surface area contributed by atoms with Crippen LogP contribution in [0.15, 0.2) is 29.8 Å². The molecule has 6 atom stereocenters. The monoisotopic (exact) mass is 528 g/mol. The van der Waals surface area contributed by atoms with Crippen LogP contribution in [0.5, 0.6) is 0 Å². The molecule has 1 aromatic rings. The predicted octanol–water partition coefficient (Wildman–Crippen LogP) is 6.72. The van der Waals surface area contributed by atoms with E-state index in [1.807, 2.05) is 12.2 Å². The normalized spacial score (nSPS) is 35.6. The van der Waals surface area contributed by atoms with Gasteiger partial charge in [-0.3, -0.25) is 9.59 Å². The molecular weight excluding hydrogens is 498 g/mol. The minimum atomic E-state index is -5.00. The van der Waals surface area contributed by atoms with Gasteiger partial charge in [0.15, 0.2) is 0 Å². The number of amides is 2. The summed E-state index contributed by atoms with van der Waals surface area (Å²) in [4.78, 5) is 26.0. The van der Waals surface area contributed by atoms with Crippen molar-refractivity contribution in [2.24, 2.45) is 28.6 Å². The summed E-state index contributed by atoms with van der Waals surface area (Å²) >= 11 is 0. The highest BCUT2D eigenvalue weighted by Gasteiger charge is 2.58. The highest BCUT2D eigenvalue weighted by molar-refractivity contribution is 6.23. The maximum absolute atomic E-state index is 13.5. The highest BCUT2D eigenvalue weighted by atomic mass is 19.4. The van der Waals surface area contributed by atoms with Crippen LogP contribution in [0.1, 0.15) is 69.9 Å². The number of alkyl halides is 6. The van der Waals surface area contributed by atoms with E-state index in [9.17, 15) is 35.9 Å². The lowest BCUT2D eigenvalue weighted by atomic mass is 9.48. The Bertz CT molecular complexity index is 1160. The fraction of sp³-hybridized carbons (Fsp3) is 0.630. The molecule has 202 valence electrons. The molecule has 4 nitrogen and oxygen atoms in total. The topological polar surface area (TPSA) is 58.2 Å². The first kappa shape index (κ1) is 26.1. The number of rotatable bonds is 2. The smallest absolute Gasteiger partial charge is 0.348 e. The summed E-state index contributed by atoms with van der Waals surface area (Å²) in [7, 11) is 0. The molecule has 3 saturated carbocycles. The van der Waals surface area contributed by atoms with E-state index in [2.05, 4.69) is 12.2 Å². The van der Waals surface area contributed by atoms with Crippen molar-refractivity contribution in [3.05, 3.63) is 41.0 Å². The quantitative estimate of drug-likeness (QED) is 0.331. The van der Waals surface area contributed by atoms with Crippen molar-refractivity contribution in [2.75, 3.05) is 5.32 Å². The summed E-state index contributed by atoms with van der Waals surface area (Å²) in [5, 5.41) is 4.86. The Morgan fingerprint density at radius 2 is 1.70 bits per heavy atom. The third-order valence-electron chi connectivity index (χ3n) is 9.71. The fourth-order valence-corrected chi connectivity index (χ4v) is 7.86. The molecule has 3 aliphatic carbocycles. The van der Waals surface area contributed by atoms with Gasteiger partial charge in [-0.05, 0) is 79.9 Å².